The largest absolute Gasteiger partial charge is 0.287 e. The molecule has 0 saturated heterocycles. The fourth-order valence-corrected chi connectivity index (χ4v) is 1.06. The first-order valence-corrected chi connectivity index (χ1v) is 4.42. The van der Waals surface area contributed by atoms with Crippen molar-refractivity contribution in [3.05, 3.63) is 0 Å². The number of nitrogens with one attached hydrogen (secondary N) is 1. The molecule has 0 aromatic rings. The van der Waals surface area contributed by atoms with Crippen molar-refractivity contribution in [3.8, 4) is 0 Å². The second-order valence-electron chi connectivity index (χ2n) is 2.85. The van der Waals surface area contributed by atoms with Crippen LogP contribution in [0.4, 0.5) is 0 Å². The highest BCUT2D eigenvalue weighted by molar-refractivity contribution is 4.54. The van der Waals surface area contributed by atoms with Crippen molar-refractivity contribution in [1.82, 2.24) is 5.59 Å². The molecule has 3 heteroatoms. The van der Waals surface area contributed by atoms with Crippen LogP contribution in [0.5, 0.6) is 0 Å². The minimum absolute atomic E-state index is 0.658. The molecular formula is C8H20N2O. The first kappa shape index (κ1) is 10.9. The van der Waals surface area contributed by atoms with Crippen molar-refractivity contribution in [2.45, 2.75) is 39.5 Å². The highest BCUT2D eigenvalue weighted by atomic mass is 16.7. The van der Waals surface area contributed by atoms with Crippen LogP contribution in [-0.2, 0) is 4.84 Å². The first-order valence-electron chi connectivity index (χ1n) is 4.42. The summed E-state index contributed by atoms with van der Waals surface area (Å²) in [4.78, 5) is 4.91. The maximum atomic E-state index is 4.99. The van der Waals surface area contributed by atoms with E-state index in [9.17, 15) is 0 Å². The Morgan fingerprint density at radius 2 is 2.18 bits per heavy atom. The second kappa shape index (κ2) is 7.98. The van der Waals surface area contributed by atoms with E-state index in [1.165, 1.54) is 25.7 Å². The molecule has 11 heavy (non-hydrogen) atoms. The molecule has 0 aliphatic heterocycles. The molecule has 0 amide bonds. The van der Waals surface area contributed by atoms with Gasteiger partial charge in [-0.1, -0.05) is 33.1 Å². The zero-order chi connectivity index (χ0) is 8.53. The van der Waals surface area contributed by atoms with E-state index in [1.807, 2.05) is 0 Å². The van der Waals surface area contributed by atoms with Gasteiger partial charge in [-0.25, -0.2) is 5.84 Å². The summed E-state index contributed by atoms with van der Waals surface area (Å²) in [6.07, 6.45) is 4.95. The van der Waals surface area contributed by atoms with Crippen molar-refractivity contribution >= 4 is 0 Å². The van der Waals surface area contributed by atoms with Crippen molar-refractivity contribution in [2.24, 2.45) is 11.8 Å². The predicted octanol–water partition coefficient (Wildman–Crippen LogP) is 1.60. The minimum atomic E-state index is 0.658. The lowest BCUT2D eigenvalue weighted by molar-refractivity contribution is 0.0138. The molecule has 0 fully saturated rings. The van der Waals surface area contributed by atoms with Gasteiger partial charge >= 0.3 is 0 Å². The van der Waals surface area contributed by atoms with E-state index in [-0.39, 0.29) is 0 Å². The fourth-order valence-electron chi connectivity index (χ4n) is 1.06. The molecule has 68 valence electrons. The molecule has 0 aromatic carbocycles. The number of unbranched alkanes of at least 4 members (excludes halogenated alkanes) is 1. The molecule has 0 aliphatic rings. The fraction of sp³-hybridized carbons (Fsp3) is 1.00. The Bertz CT molecular complexity index is 70.5. The normalized spacial score (nSPS) is 13.4. The van der Waals surface area contributed by atoms with Crippen LogP contribution in [0.1, 0.15) is 39.5 Å². The Hall–Kier alpha value is -0.120. The highest BCUT2D eigenvalue weighted by Crippen LogP contribution is 2.11. The molecule has 1 unspecified atom stereocenters. The topological polar surface area (TPSA) is 47.3 Å². The van der Waals surface area contributed by atoms with E-state index in [0.717, 1.165) is 6.61 Å². The average Bonchev–Trinajstić information content (AvgIpc) is 2.05. The minimum Gasteiger partial charge on any atom is -0.287 e. The SMILES string of the molecule is CCCCC(CC)CONN. The summed E-state index contributed by atoms with van der Waals surface area (Å²) in [6.45, 7) is 5.11. The van der Waals surface area contributed by atoms with Gasteiger partial charge in [-0.3, -0.25) is 4.84 Å². The summed E-state index contributed by atoms with van der Waals surface area (Å²) in [5.41, 5.74) is 2.21. The molecule has 0 rings (SSSR count). The summed E-state index contributed by atoms with van der Waals surface area (Å²) >= 11 is 0. The van der Waals surface area contributed by atoms with Crippen LogP contribution in [0.15, 0.2) is 0 Å². The summed E-state index contributed by atoms with van der Waals surface area (Å²) in [6, 6.07) is 0. The van der Waals surface area contributed by atoms with E-state index >= 15 is 0 Å². The molecule has 0 bridgehead atoms. The van der Waals surface area contributed by atoms with E-state index in [2.05, 4.69) is 19.4 Å². The van der Waals surface area contributed by atoms with Crippen molar-refractivity contribution < 1.29 is 4.84 Å². The van der Waals surface area contributed by atoms with Gasteiger partial charge < -0.3 is 0 Å². The van der Waals surface area contributed by atoms with Gasteiger partial charge in [0.2, 0.25) is 0 Å². The smallest absolute Gasteiger partial charge is 0.0726 e. The molecule has 0 saturated carbocycles. The number of hydrazine groups is 1. The average molecular weight is 160 g/mol. The maximum Gasteiger partial charge on any atom is 0.0726 e. The van der Waals surface area contributed by atoms with Crippen molar-refractivity contribution in [1.29, 1.82) is 0 Å². The Balaban J connectivity index is 3.25. The van der Waals surface area contributed by atoms with Crippen LogP contribution < -0.4 is 11.4 Å². The predicted molar refractivity (Wildman–Crippen MR) is 46.6 cm³/mol. The molecule has 3 nitrogen and oxygen atoms in total. The Labute approximate surface area is 69.2 Å². The third-order valence-corrected chi connectivity index (χ3v) is 1.95. The molecule has 0 aliphatic carbocycles. The number of hydrogen-bond donors (Lipinski definition) is 2. The van der Waals surface area contributed by atoms with Crippen LogP contribution in [0.25, 0.3) is 0 Å². The summed E-state index contributed by atoms with van der Waals surface area (Å²) in [5, 5.41) is 0. The molecule has 0 spiro atoms. The third-order valence-electron chi connectivity index (χ3n) is 1.95. The zero-order valence-electron chi connectivity index (χ0n) is 7.60. The van der Waals surface area contributed by atoms with E-state index < -0.39 is 0 Å². The quantitative estimate of drug-likeness (QED) is 0.439. The Kier molecular flexibility index (Phi) is 7.89. The van der Waals surface area contributed by atoms with E-state index in [1.54, 1.807) is 0 Å². The summed E-state index contributed by atoms with van der Waals surface area (Å²) in [5.74, 6) is 5.65. The molecular weight excluding hydrogens is 140 g/mol. The molecule has 0 radical (unpaired) electrons. The molecule has 0 heterocycles. The monoisotopic (exact) mass is 160 g/mol. The Morgan fingerprint density at radius 1 is 1.45 bits per heavy atom. The van der Waals surface area contributed by atoms with Gasteiger partial charge in [0.15, 0.2) is 0 Å². The lowest BCUT2D eigenvalue weighted by Crippen LogP contribution is -2.25. The number of rotatable bonds is 7. The van der Waals surface area contributed by atoms with E-state index in [0.29, 0.717) is 5.92 Å². The van der Waals surface area contributed by atoms with Gasteiger partial charge in [0.25, 0.3) is 0 Å². The number of nitrogens with two attached hydrogens (primary N) is 1. The van der Waals surface area contributed by atoms with Crippen molar-refractivity contribution in [2.75, 3.05) is 6.61 Å². The van der Waals surface area contributed by atoms with Crippen LogP contribution in [0, 0.1) is 5.92 Å². The van der Waals surface area contributed by atoms with Gasteiger partial charge in [0.05, 0.1) is 6.61 Å². The van der Waals surface area contributed by atoms with Gasteiger partial charge in [0, 0.05) is 0 Å². The van der Waals surface area contributed by atoms with Crippen LogP contribution in [0.3, 0.4) is 0 Å². The molecule has 1 atom stereocenters. The summed E-state index contributed by atoms with van der Waals surface area (Å²) in [7, 11) is 0. The molecule has 3 N–H and O–H groups in total. The first-order chi connectivity index (χ1) is 5.35. The van der Waals surface area contributed by atoms with E-state index in [4.69, 9.17) is 10.7 Å². The van der Waals surface area contributed by atoms with Gasteiger partial charge in [-0.05, 0) is 12.3 Å². The lowest BCUT2D eigenvalue weighted by Gasteiger charge is -2.12. The second-order valence-corrected chi connectivity index (χ2v) is 2.85. The zero-order valence-corrected chi connectivity index (χ0v) is 7.60. The van der Waals surface area contributed by atoms with Gasteiger partial charge in [-0.15, -0.1) is 5.59 Å². The standard InChI is InChI=1S/C8H20N2O/c1-3-5-6-8(4-2)7-11-10-9/h8,10H,3-7,9H2,1-2H3. The number of hydrogen-bond acceptors (Lipinski definition) is 3. The highest BCUT2D eigenvalue weighted by Gasteiger charge is 2.04. The Morgan fingerprint density at radius 3 is 2.64 bits per heavy atom. The third kappa shape index (κ3) is 6.28. The van der Waals surface area contributed by atoms with Gasteiger partial charge in [0.1, 0.15) is 0 Å². The van der Waals surface area contributed by atoms with Gasteiger partial charge in [-0.2, -0.15) is 0 Å². The molecule has 0 aromatic heterocycles. The van der Waals surface area contributed by atoms with Crippen LogP contribution in [0.2, 0.25) is 0 Å². The van der Waals surface area contributed by atoms with Crippen LogP contribution in [-0.4, -0.2) is 6.61 Å². The van der Waals surface area contributed by atoms with Crippen molar-refractivity contribution in [3.63, 3.8) is 0 Å². The maximum absolute atomic E-state index is 4.99. The lowest BCUT2D eigenvalue weighted by atomic mass is 10.0. The van der Waals surface area contributed by atoms with Crippen LogP contribution >= 0.6 is 0 Å². The summed E-state index contributed by atoms with van der Waals surface area (Å²) < 4.78 is 0.